The summed E-state index contributed by atoms with van der Waals surface area (Å²) in [4.78, 5) is 18.1. The van der Waals surface area contributed by atoms with Crippen LogP contribution in [0.4, 0.5) is 5.69 Å². The summed E-state index contributed by atoms with van der Waals surface area (Å²) in [6.45, 7) is 17.7. The Balaban J connectivity index is 1.94. The molecule has 0 radical (unpaired) electrons. The molecule has 4 rings (SSSR count). The minimum Gasteiger partial charge on any atom is -0.496 e. The van der Waals surface area contributed by atoms with E-state index >= 15 is 0 Å². The molecule has 39 heavy (non-hydrogen) atoms. The number of carbonyl (C=O) groups is 1. The van der Waals surface area contributed by atoms with Gasteiger partial charge < -0.3 is 19.3 Å². The molecule has 2 aromatic heterocycles. The number of carbonyl (C=O) groups excluding carboxylic acids is 1. The van der Waals surface area contributed by atoms with Crippen molar-refractivity contribution in [2.45, 2.75) is 59.9 Å². The molecule has 0 aliphatic carbocycles. The van der Waals surface area contributed by atoms with Crippen molar-refractivity contribution in [1.29, 1.82) is 0 Å². The minimum absolute atomic E-state index is 0.0581. The highest BCUT2D eigenvalue weighted by molar-refractivity contribution is 7.08. The molecule has 0 unspecified atom stereocenters. The number of rotatable bonds is 10. The molecule has 0 spiro atoms. The Labute approximate surface area is 236 Å². The number of thiophene rings is 1. The molecule has 7 nitrogen and oxygen atoms in total. The summed E-state index contributed by atoms with van der Waals surface area (Å²) in [7, 11) is 3.69. The zero-order chi connectivity index (χ0) is 28.5. The van der Waals surface area contributed by atoms with E-state index in [1.165, 1.54) is 0 Å². The molecule has 0 fully saturated rings. The summed E-state index contributed by atoms with van der Waals surface area (Å²) < 4.78 is 12.1. The highest BCUT2D eigenvalue weighted by Gasteiger charge is 2.35. The van der Waals surface area contributed by atoms with Crippen molar-refractivity contribution in [3.63, 3.8) is 0 Å². The van der Waals surface area contributed by atoms with Gasteiger partial charge in [-0.3, -0.25) is 9.89 Å². The molecule has 1 N–H and O–H groups in total. The van der Waals surface area contributed by atoms with E-state index in [-0.39, 0.29) is 18.1 Å². The Morgan fingerprint density at radius 1 is 1.26 bits per heavy atom. The third kappa shape index (κ3) is 5.22. The van der Waals surface area contributed by atoms with Crippen LogP contribution in [0.5, 0.6) is 11.5 Å². The first-order valence-corrected chi connectivity index (χ1v) is 14.4. The molecule has 208 valence electrons. The van der Waals surface area contributed by atoms with Gasteiger partial charge in [0.25, 0.3) is 5.91 Å². The van der Waals surface area contributed by atoms with E-state index in [9.17, 15) is 4.79 Å². The lowest BCUT2D eigenvalue weighted by Gasteiger charge is -2.39. The third-order valence-electron chi connectivity index (χ3n) is 7.75. The minimum atomic E-state index is -0.291. The molecule has 0 saturated carbocycles. The Morgan fingerprint density at radius 3 is 2.56 bits per heavy atom. The molecule has 1 aromatic carbocycles. The molecule has 1 amide bonds. The fraction of sp³-hybridized carbons (Fsp3) is 0.419. The highest BCUT2D eigenvalue weighted by Crippen LogP contribution is 2.46. The second kappa shape index (κ2) is 11.3. The second-order valence-electron chi connectivity index (χ2n) is 10.6. The van der Waals surface area contributed by atoms with Crippen LogP contribution in [-0.2, 0) is 4.79 Å². The van der Waals surface area contributed by atoms with Crippen molar-refractivity contribution in [1.82, 2.24) is 15.1 Å². The van der Waals surface area contributed by atoms with E-state index in [4.69, 9.17) is 9.47 Å². The predicted molar refractivity (Wildman–Crippen MR) is 161 cm³/mol. The summed E-state index contributed by atoms with van der Waals surface area (Å²) in [6.07, 6.45) is 1.72. The zero-order valence-corrected chi connectivity index (χ0v) is 25.2. The number of aromatic nitrogens is 2. The van der Waals surface area contributed by atoms with Crippen LogP contribution < -0.4 is 14.4 Å². The number of hydrogen-bond donors (Lipinski definition) is 1. The molecule has 3 aromatic rings. The number of anilines is 1. The van der Waals surface area contributed by atoms with Gasteiger partial charge in [0.2, 0.25) is 0 Å². The molecular formula is C31H40N4O3S. The van der Waals surface area contributed by atoms with Crippen LogP contribution in [-0.4, -0.2) is 53.9 Å². The lowest BCUT2D eigenvalue weighted by atomic mass is 9.91. The fourth-order valence-electron chi connectivity index (χ4n) is 5.13. The SMILES string of the molecule is C=C(C(=O)N(CCC)C(C)(C)CC)C1=C(N(C)c2ccsc2)c2cc(-c3c(C)n[nH]c3C)c(OC)cc2OC1. The number of H-pyrrole nitrogens is 1. The van der Waals surface area contributed by atoms with Crippen molar-refractivity contribution in [3.8, 4) is 22.6 Å². The number of methoxy groups -OCH3 is 1. The van der Waals surface area contributed by atoms with Crippen LogP contribution in [0.2, 0.25) is 0 Å². The number of ether oxygens (including phenoxy) is 2. The van der Waals surface area contributed by atoms with E-state index in [0.29, 0.717) is 23.6 Å². The molecule has 0 saturated heterocycles. The van der Waals surface area contributed by atoms with Crippen molar-refractivity contribution in [2.75, 3.05) is 32.2 Å². The molecule has 3 heterocycles. The van der Waals surface area contributed by atoms with Gasteiger partial charge >= 0.3 is 0 Å². The summed E-state index contributed by atoms with van der Waals surface area (Å²) in [5.41, 5.74) is 7.52. The second-order valence-corrected chi connectivity index (χ2v) is 11.4. The van der Waals surface area contributed by atoms with Gasteiger partial charge in [0.1, 0.15) is 18.1 Å². The van der Waals surface area contributed by atoms with E-state index < -0.39 is 0 Å². The zero-order valence-electron chi connectivity index (χ0n) is 24.4. The van der Waals surface area contributed by atoms with Gasteiger partial charge in [-0.1, -0.05) is 20.4 Å². The largest absolute Gasteiger partial charge is 0.496 e. The summed E-state index contributed by atoms with van der Waals surface area (Å²) in [5, 5.41) is 11.7. The number of hydrogen-bond acceptors (Lipinski definition) is 6. The molecular weight excluding hydrogens is 508 g/mol. The monoisotopic (exact) mass is 548 g/mol. The number of nitrogens with zero attached hydrogens (tertiary/aromatic N) is 3. The maximum Gasteiger partial charge on any atom is 0.254 e. The van der Waals surface area contributed by atoms with Crippen LogP contribution in [0.15, 0.2) is 46.7 Å². The smallest absolute Gasteiger partial charge is 0.254 e. The van der Waals surface area contributed by atoms with E-state index in [2.05, 4.69) is 72.3 Å². The highest BCUT2D eigenvalue weighted by atomic mass is 32.1. The number of fused-ring (bicyclic) bond motifs is 1. The molecule has 1 aliphatic heterocycles. The van der Waals surface area contributed by atoms with Gasteiger partial charge in [-0.2, -0.15) is 16.4 Å². The van der Waals surface area contributed by atoms with Crippen LogP contribution in [0.25, 0.3) is 16.8 Å². The molecule has 0 bridgehead atoms. The number of aryl methyl sites for hydroxylation is 2. The van der Waals surface area contributed by atoms with Crippen LogP contribution in [0.1, 0.15) is 57.5 Å². The Hall–Kier alpha value is -3.52. The van der Waals surface area contributed by atoms with Gasteiger partial charge in [-0.25, -0.2) is 0 Å². The van der Waals surface area contributed by atoms with Crippen molar-refractivity contribution >= 4 is 28.6 Å². The normalized spacial score (nSPS) is 13.1. The Morgan fingerprint density at radius 2 is 2.00 bits per heavy atom. The van der Waals surface area contributed by atoms with Gasteiger partial charge in [-0.15, -0.1) is 0 Å². The van der Waals surface area contributed by atoms with Crippen LogP contribution >= 0.6 is 11.3 Å². The third-order valence-corrected chi connectivity index (χ3v) is 8.42. The number of aromatic amines is 1. The van der Waals surface area contributed by atoms with Crippen molar-refractivity contribution in [2.24, 2.45) is 0 Å². The predicted octanol–water partition coefficient (Wildman–Crippen LogP) is 6.99. The van der Waals surface area contributed by atoms with Gasteiger partial charge in [0.15, 0.2) is 0 Å². The Kier molecular flexibility index (Phi) is 8.25. The molecule has 1 aliphatic rings. The van der Waals surface area contributed by atoms with Crippen molar-refractivity contribution < 1.29 is 14.3 Å². The van der Waals surface area contributed by atoms with Crippen LogP contribution in [0, 0.1) is 13.8 Å². The molecule has 0 atom stereocenters. The standard InChI is InChI=1S/C31H40N4O3S/c1-10-13-35(31(6,7)11-2)30(36)19(3)25-17-38-27-16-26(37-9)23(28-20(4)32-33-21(28)5)15-24(27)29(25)34(8)22-12-14-39-18-22/h12,14-16,18H,3,10-11,13,17H2,1-2,4-9H3,(H,32,33). The van der Waals surface area contributed by atoms with Crippen LogP contribution in [0.3, 0.4) is 0 Å². The first kappa shape index (κ1) is 28.5. The maximum absolute atomic E-state index is 14.0. The van der Waals surface area contributed by atoms with Gasteiger partial charge in [-0.05, 0) is 58.0 Å². The number of benzene rings is 1. The summed E-state index contributed by atoms with van der Waals surface area (Å²) in [6, 6.07) is 6.10. The maximum atomic E-state index is 14.0. The average molecular weight is 549 g/mol. The van der Waals surface area contributed by atoms with Gasteiger partial charge in [0.05, 0.1) is 24.2 Å². The first-order chi connectivity index (χ1) is 18.5. The van der Waals surface area contributed by atoms with E-state index in [1.807, 2.05) is 31.9 Å². The summed E-state index contributed by atoms with van der Waals surface area (Å²) >= 11 is 1.63. The van der Waals surface area contributed by atoms with E-state index in [0.717, 1.165) is 57.9 Å². The first-order valence-electron chi connectivity index (χ1n) is 13.4. The summed E-state index contributed by atoms with van der Waals surface area (Å²) in [5.74, 6) is 1.35. The van der Waals surface area contributed by atoms with E-state index in [1.54, 1.807) is 18.4 Å². The number of nitrogens with one attached hydrogen (secondary N) is 1. The topological polar surface area (TPSA) is 70.7 Å². The van der Waals surface area contributed by atoms with Crippen molar-refractivity contribution in [3.05, 3.63) is 63.6 Å². The quantitative estimate of drug-likeness (QED) is 0.277. The Bertz CT molecular complexity index is 1380. The fourth-order valence-corrected chi connectivity index (χ4v) is 5.81. The lowest BCUT2D eigenvalue weighted by molar-refractivity contribution is -0.132. The number of amides is 1. The average Bonchev–Trinajstić information content (AvgIpc) is 3.58. The van der Waals surface area contributed by atoms with Gasteiger partial charge in [0, 0.05) is 64.1 Å². The lowest BCUT2D eigenvalue weighted by Crippen LogP contribution is -2.48. The molecule has 8 heteroatoms.